The third-order valence-corrected chi connectivity index (χ3v) is 15.3. The topological polar surface area (TPSA) is 269 Å². The Bertz CT molecular complexity index is 3110. The number of hydrogen-bond donors (Lipinski definition) is 2. The molecule has 0 amide bonds. The van der Waals surface area contributed by atoms with Crippen LogP contribution >= 0.6 is 23.2 Å². The Kier molecular flexibility index (Phi) is 17.6. The summed E-state index contributed by atoms with van der Waals surface area (Å²) in [4.78, 5) is 25.4. The molecule has 5 atom stereocenters. The van der Waals surface area contributed by atoms with Gasteiger partial charge in [-0.25, -0.2) is 22.6 Å². The first-order valence-electron chi connectivity index (χ1n) is 21.9. The predicted octanol–water partition coefficient (Wildman–Crippen LogP) is 6.92. The van der Waals surface area contributed by atoms with Crippen LogP contribution in [0, 0.1) is 0 Å². The molecule has 0 saturated heterocycles. The van der Waals surface area contributed by atoms with E-state index < -0.39 is 42.4 Å². The number of aromatic nitrogens is 12. The van der Waals surface area contributed by atoms with Crippen molar-refractivity contribution in [3.63, 3.8) is 0 Å². The predicted molar refractivity (Wildman–Crippen MR) is 279 cm³/mol. The molecule has 0 aliphatic heterocycles. The van der Waals surface area contributed by atoms with Gasteiger partial charge in [0.15, 0.2) is 23.0 Å². The molecular formula is C47H50Cl2N14O9S2. The van der Waals surface area contributed by atoms with Crippen molar-refractivity contribution >= 4 is 60.7 Å². The molecule has 0 fully saturated rings. The number of ether oxygens (including phenoxy) is 6. The largest absolute Gasteiger partial charge is 0.494 e. The van der Waals surface area contributed by atoms with Crippen LogP contribution in [0.2, 0.25) is 10.0 Å². The zero-order valence-corrected chi connectivity index (χ0v) is 44.2. The Balaban J connectivity index is 0.000000216. The Hall–Kier alpha value is -7.55. The average molecular weight is 1090 g/mol. The SMILES string of the molecule is C=S(=O)(Nc1nnc(-c2cccnc2)n1-c1c(OC)ccnc1OC)[C@H](C)[C@@H](OC)c1ccc(Cl)cn1.COc1ccnc(OC)c1-n1c(NS(=O)(=O)[C@H](C)[C@@H](OC)c2ccc(Cl)cn2)nnc1-c1cccnc1. The summed E-state index contributed by atoms with van der Waals surface area (Å²) in [6.45, 7) is 3.25. The molecule has 27 heteroatoms. The highest BCUT2D eigenvalue weighted by Crippen LogP contribution is 2.39. The van der Waals surface area contributed by atoms with Gasteiger partial charge in [-0.3, -0.25) is 38.5 Å². The van der Waals surface area contributed by atoms with Crippen LogP contribution in [0.4, 0.5) is 11.9 Å². The van der Waals surface area contributed by atoms with E-state index in [-0.39, 0.29) is 29.5 Å². The summed E-state index contributed by atoms with van der Waals surface area (Å²) in [6.07, 6.45) is 10.9. The van der Waals surface area contributed by atoms with Gasteiger partial charge in [0.2, 0.25) is 33.7 Å². The fraction of sp³-hybridized carbons (Fsp3) is 0.255. The lowest BCUT2D eigenvalue weighted by Gasteiger charge is -2.26. The van der Waals surface area contributed by atoms with Crippen molar-refractivity contribution in [2.24, 2.45) is 0 Å². The van der Waals surface area contributed by atoms with E-state index in [1.54, 1.807) is 97.1 Å². The Morgan fingerprint density at radius 2 is 0.986 bits per heavy atom. The van der Waals surface area contributed by atoms with Crippen molar-refractivity contribution in [3.05, 3.63) is 132 Å². The first-order chi connectivity index (χ1) is 35.6. The van der Waals surface area contributed by atoms with Crippen molar-refractivity contribution in [2.75, 3.05) is 52.1 Å². The van der Waals surface area contributed by atoms with Crippen LogP contribution in [0.5, 0.6) is 23.3 Å². The normalized spacial score (nSPS) is 13.8. The van der Waals surface area contributed by atoms with E-state index in [1.807, 2.05) is 6.07 Å². The van der Waals surface area contributed by atoms with Crippen molar-refractivity contribution in [1.82, 2.24) is 59.4 Å². The van der Waals surface area contributed by atoms with Crippen LogP contribution in [0.1, 0.15) is 37.4 Å². The van der Waals surface area contributed by atoms with Gasteiger partial charge in [-0.15, -0.1) is 20.4 Å². The lowest BCUT2D eigenvalue weighted by atomic mass is 10.2. The molecule has 0 spiro atoms. The minimum absolute atomic E-state index is 0.116. The van der Waals surface area contributed by atoms with E-state index in [9.17, 15) is 12.6 Å². The van der Waals surface area contributed by atoms with Gasteiger partial charge in [-0.05, 0) is 68.2 Å². The fourth-order valence-electron chi connectivity index (χ4n) is 7.41. The summed E-state index contributed by atoms with van der Waals surface area (Å²) in [5.41, 5.74) is 2.89. The summed E-state index contributed by atoms with van der Waals surface area (Å²) in [6, 6.07) is 17.0. The quantitative estimate of drug-likeness (QED) is 0.0733. The van der Waals surface area contributed by atoms with Gasteiger partial charge in [0.25, 0.3) is 0 Å². The Morgan fingerprint density at radius 1 is 0.541 bits per heavy atom. The minimum Gasteiger partial charge on any atom is -0.494 e. The lowest BCUT2D eigenvalue weighted by Crippen LogP contribution is -2.33. The summed E-state index contributed by atoms with van der Waals surface area (Å²) < 4.78 is 83.0. The number of nitrogens with zero attached hydrogens (tertiary/aromatic N) is 12. The van der Waals surface area contributed by atoms with Crippen LogP contribution in [0.15, 0.2) is 110 Å². The van der Waals surface area contributed by atoms with Gasteiger partial charge in [-0.2, -0.15) is 0 Å². The van der Waals surface area contributed by atoms with Crippen LogP contribution in [-0.2, 0) is 29.2 Å². The molecule has 0 radical (unpaired) electrons. The maximum atomic E-state index is 14.0. The van der Waals surface area contributed by atoms with E-state index in [0.29, 0.717) is 61.3 Å². The fourth-order valence-corrected chi connectivity index (χ4v) is 10.1. The second kappa shape index (κ2) is 24.0. The minimum atomic E-state index is -4.11. The van der Waals surface area contributed by atoms with Gasteiger partial charge < -0.3 is 28.4 Å². The molecule has 8 aromatic heterocycles. The molecule has 23 nitrogen and oxygen atoms in total. The van der Waals surface area contributed by atoms with Crippen LogP contribution in [-0.4, -0.2) is 131 Å². The second-order valence-electron chi connectivity index (χ2n) is 15.6. The summed E-state index contributed by atoms with van der Waals surface area (Å²) in [5.74, 6) is 5.88. The van der Waals surface area contributed by atoms with Crippen molar-refractivity contribution in [2.45, 2.75) is 36.6 Å². The van der Waals surface area contributed by atoms with E-state index in [4.69, 9.17) is 51.6 Å². The molecule has 8 rings (SSSR count). The maximum absolute atomic E-state index is 14.0. The molecule has 8 heterocycles. The van der Waals surface area contributed by atoms with E-state index in [0.717, 1.165) is 0 Å². The molecule has 0 bridgehead atoms. The van der Waals surface area contributed by atoms with E-state index in [2.05, 4.69) is 65.6 Å². The molecule has 0 aliphatic rings. The maximum Gasteiger partial charge on any atom is 0.243 e. The highest BCUT2D eigenvalue weighted by molar-refractivity contribution is 8.02. The smallest absolute Gasteiger partial charge is 0.243 e. The highest BCUT2D eigenvalue weighted by Gasteiger charge is 2.35. The Morgan fingerprint density at radius 3 is 1.36 bits per heavy atom. The third kappa shape index (κ3) is 11.8. The zero-order valence-electron chi connectivity index (χ0n) is 41.0. The zero-order chi connectivity index (χ0) is 53.2. The molecular weight excluding hydrogens is 1040 g/mol. The van der Waals surface area contributed by atoms with Crippen molar-refractivity contribution < 1.29 is 41.0 Å². The molecule has 388 valence electrons. The monoisotopic (exact) mass is 1090 g/mol. The number of pyridine rings is 6. The molecule has 1 unspecified atom stereocenters. The lowest BCUT2D eigenvalue weighted by molar-refractivity contribution is 0.0989. The Labute approximate surface area is 436 Å². The molecule has 0 aromatic carbocycles. The third-order valence-electron chi connectivity index (χ3n) is 11.2. The van der Waals surface area contributed by atoms with Crippen LogP contribution < -0.4 is 28.4 Å². The number of nitrogens with one attached hydrogen (secondary N) is 2. The number of rotatable bonds is 20. The van der Waals surface area contributed by atoms with E-state index in [1.165, 1.54) is 72.7 Å². The number of hydrogen-bond acceptors (Lipinski definition) is 19. The van der Waals surface area contributed by atoms with Crippen LogP contribution in [0.3, 0.4) is 0 Å². The number of halogens is 2. The van der Waals surface area contributed by atoms with Crippen molar-refractivity contribution in [3.8, 4) is 57.4 Å². The number of anilines is 2. The van der Waals surface area contributed by atoms with Gasteiger partial charge in [-0.1, -0.05) is 23.2 Å². The first kappa shape index (κ1) is 54.2. The van der Waals surface area contributed by atoms with Gasteiger partial charge in [0.05, 0.1) is 64.8 Å². The summed E-state index contributed by atoms with van der Waals surface area (Å²) >= 11 is 11.9. The molecule has 8 aromatic rings. The summed E-state index contributed by atoms with van der Waals surface area (Å²) in [5, 5.41) is 16.2. The van der Waals surface area contributed by atoms with Gasteiger partial charge in [0.1, 0.15) is 29.0 Å². The van der Waals surface area contributed by atoms with E-state index >= 15 is 0 Å². The van der Waals surface area contributed by atoms with Crippen LogP contribution in [0.25, 0.3) is 34.2 Å². The second-order valence-corrected chi connectivity index (χ2v) is 20.9. The highest BCUT2D eigenvalue weighted by atomic mass is 35.5. The number of sulfonamides is 1. The van der Waals surface area contributed by atoms with Crippen molar-refractivity contribution in [1.29, 1.82) is 0 Å². The average Bonchev–Trinajstić information content (AvgIpc) is 4.03. The van der Waals surface area contributed by atoms with Gasteiger partial charge in [0, 0.05) is 87.1 Å². The molecule has 0 aliphatic carbocycles. The molecule has 2 N–H and O–H groups in total. The van der Waals surface area contributed by atoms with Gasteiger partial charge >= 0.3 is 0 Å². The standard InChI is InChI=1S/C24H26ClN7O4S.C23H24ClN7O5S/c1-15(21(35-3)18-9-8-17(25)14-28-18)37(5,33)31-24-30-29-22(16-7-6-11-26-13-16)32(24)20-19(34-2)10-12-27-23(20)36-4;1-14(20(35-3)17-8-7-16(24)13-27-17)37(32,33)30-23-29-28-21(15-6-5-10-25-12-15)31(23)19-18(34-2)9-11-26-22(19)36-4/h6-15,21H,5H2,1-4H3,(H,30,31,33);5-14,20H,1-4H3,(H,29,30)/t15-,21-,37?;14-,20-/m11/s1. The molecule has 74 heavy (non-hydrogen) atoms. The first-order valence-corrected chi connectivity index (χ1v) is 26.0. The summed E-state index contributed by atoms with van der Waals surface area (Å²) in [7, 11) is 1.62. The number of methoxy groups -OCH3 is 6. The molecule has 0 saturated carbocycles.